The van der Waals surface area contributed by atoms with E-state index in [4.69, 9.17) is 10.3 Å². The van der Waals surface area contributed by atoms with Crippen LogP contribution in [0.1, 0.15) is 0 Å². The number of nitrogens with zero attached hydrogens (tertiary/aromatic N) is 2. The van der Waals surface area contributed by atoms with Crippen molar-refractivity contribution in [3.05, 3.63) is 46.9 Å². The first kappa shape index (κ1) is 14.2. The highest BCUT2D eigenvalue weighted by molar-refractivity contribution is 9.10. The zero-order valence-electron chi connectivity index (χ0n) is 11.2. The van der Waals surface area contributed by atoms with Gasteiger partial charge in [-0.2, -0.15) is 4.98 Å². The van der Waals surface area contributed by atoms with Gasteiger partial charge in [0.05, 0.1) is 5.56 Å². The number of hydrogen-bond acceptors (Lipinski definition) is 5. The number of anilines is 1. The predicted octanol–water partition coefficient (Wildman–Crippen LogP) is 4.47. The summed E-state index contributed by atoms with van der Waals surface area (Å²) in [4.78, 5) is 5.61. The average molecular weight is 362 g/mol. The van der Waals surface area contributed by atoms with Gasteiger partial charge in [-0.05, 0) is 48.7 Å². The van der Waals surface area contributed by atoms with E-state index in [1.165, 1.54) is 4.90 Å². The van der Waals surface area contributed by atoms with Gasteiger partial charge in [0.1, 0.15) is 0 Å². The fourth-order valence-electron chi connectivity index (χ4n) is 1.92. The Morgan fingerprint density at radius 1 is 1.14 bits per heavy atom. The molecular weight excluding hydrogens is 350 g/mol. The van der Waals surface area contributed by atoms with Crippen molar-refractivity contribution in [1.82, 2.24) is 10.1 Å². The Balaban J connectivity index is 1.95. The Bertz CT molecular complexity index is 771. The van der Waals surface area contributed by atoms with Crippen LogP contribution in [0, 0.1) is 0 Å². The smallest absolute Gasteiger partial charge is 0.260 e. The van der Waals surface area contributed by atoms with Gasteiger partial charge in [0.15, 0.2) is 0 Å². The van der Waals surface area contributed by atoms with E-state index in [0.29, 0.717) is 17.4 Å². The number of nitrogens with two attached hydrogens (primary N) is 1. The van der Waals surface area contributed by atoms with Crippen LogP contribution in [0.15, 0.2) is 56.4 Å². The first-order chi connectivity index (χ1) is 10.2. The Hall–Kier alpha value is -1.79. The molecule has 106 valence electrons. The summed E-state index contributed by atoms with van der Waals surface area (Å²) in [5.74, 6) is 0.976. The van der Waals surface area contributed by atoms with Crippen LogP contribution in [0.2, 0.25) is 0 Å². The molecule has 0 saturated heterocycles. The average Bonchev–Trinajstić information content (AvgIpc) is 2.97. The van der Waals surface area contributed by atoms with E-state index in [2.05, 4.69) is 26.1 Å². The number of nitrogen functional groups attached to an aromatic ring is 1. The summed E-state index contributed by atoms with van der Waals surface area (Å²) >= 11 is 5.07. The molecule has 3 rings (SSSR count). The van der Waals surface area contributed by atoms with Gasteiger partial charge in [0, 0.05) is 20.6 Å². The van der Waals surface area contributed by atoms with Gasteiger partial charge in [-0.25, -0.2) is 0 Å². The second kappa shape index (κ2) is 5.91. The molecule has 1 heterocycles. The molecule has 0 radical (unpaired) electrons. The van der Waals surface area contributed by atoms with Crippen molar-refractivity contribution in [2.45, 2.75) is 4.90 Å². The van der Waals surface area contributed by atoms with Crippen LogP contribution in [0.4, 0.5) is 5.69 Å². The van der Waals surface area contributed by atoms with Crippen molar-refractivity contribution >= 4 is 33.4 Å². The number of thioether (sulfide) groups is 1. The van der Waals surface area contributed by atoms with Crippen LogP contribution in [0.3, 0.4) is 0 Å². The Labute approximate surface area is 134 Å². The monoisotopic (exact) mass is 361 g/mol. The van der Waals surface area contributed by atoms with Crippen LogP contribution in [0.25, 0.3) is 22.8 Å². The summed E-state index contributed by atoms with van der Waals surface area (Å²) in [5, 5.41) is 4.02. The minimum Gasteiger partial charge on any atom is -0.398 e. The van der Waals surface area contributed by atoms with Gasteiger partial charge in [0.25, 0.3) is 5.89 Å². The van der Waals surface area contributed by atoms with Crippen molar-refractivity contribution in [3.63, 3.8) is 0 Å². The molecule has 21 heavy (non-hydrogen) atoms. The van der Waals surface area contributed by atoms with E-state index >= 15 is 0 Å². The number of hydrogen-bond donors (Lipinski definition) is 1. The van der Waals surface area contributed by atoms with E-state index < -0.39 is 0 Å². The SMILES string of the molecule is CSc1ccc(-c2noc(-c3ccc(Br)cc3N)n2)cc1. The van der Waals surface area contributed by atoms with E-state index in [9.17, 15) is 0 Å². The Morgan fingerprint density at radius 3 is 2.57 bits per heavy atom. The summed E-state index contributed by atoms with van der Waals surface area (Å²) in [7, 11) is 0. The van der Waals surface area contributed by atoms with Crippen LogP contribution in [0.5, 0.6) is 0 Å². The number of benzene rings is 2. The van der Waals surface area contributed by atoms with Crippen LogP contribution >= 0.6 is 27.7 Å². The lowest BCUT2D eigenvalue weighted by Gasteiger charge is -2.00. The number of rotatable bonds is 3. The van der Waals surface area contributed by atoms with E-state index in [1.54, 1.807) is 11.8 Å². The summed E-state index contributed by atoms with van der Waals surface area (Å²) in [5.41, 5.74) is 8.22. The molecule has 0 aliphatic carbocycles. The molecule has 0 aliphatic rings. The van der Waals surface area contributed by atoms with Gasteiger partial charge >= 0.3 is 0 Å². The zero-order valence-corrected chi connectivity index (χ0v) is 13.6. The number of aromatic nitrogens is 2. The molecular formula is C15H12BrN3OS. The zero-order chi connectivity index (χ0) is 14.8. The molecule has 4 nitrogen and oxygen atoms in total. The predicted molar refractivity (Wildman–Crippen MR) is 89.1 cm³/mol. The molecule has 1 aromatic heterocycles. The van der Waals surface area contributed by atoms with Crippen LogP contribution in [-0.2, 0) is 0 Å². The van der Waals surface area contributed by atoms with Crippen molar-refractivity contribution in [2.24, 2.45) is 0 Å². The molecule has 2 aromatic carbocycles. The topological polar surface area (TPSA) is 64.9 Å². The molecule has 0 amide bonds. The highest BCUT2D eigenvalue weighted by Crippen LogP contribution is 2.29. The molecule has 0 fully saturated rings. The summed E-state index contributed by atoms with van der Waals surface area (Å²) in [6.45, 7) is 0. The molecule has 0 aliphatic heterocycles. The Kier molecular flexibility index (Phi) is 3.98. The van der Waals surface area contributed by atoms with Gasteiger partial charge in [-0.1, -0.05) is 21.1 Å². The third kappa shape index (κ3) is 2.96. The van der Waals surface area contributed by atoms with Crippen molar-refractivity contribution in [1.29, 1.82) is 0 Å². The lowest BCUT2D eigenvalue weighted by molar-refractivity contribution is 0.432. The third-order valence-electron chi connectivity index (χ3n) is 3.02. The van der Waals surface area contributed by atoms with E-state index in [0.717, 1.165) is 15.6 Å². The highest BCUT2D eigenvalue weighted by atomic mass is 79.9. The molecule has 0 unspecified atom stereocenters. The second-order valence-electron chi connectivity index (χ2n) is 4.38. The first-order valence-corrected chi connectivity index (χ1v) is 8.22. The van der Waals surface area contributed by atoms with E-state index in [1.807, 2.05) is 48.7 Å². The molecule has 2 N–H and O–H groups in total. The molecule has 0 bridgehead atoms. The summed E-state index contributed by atoms with van der Waals surface area (Å²) in [6.07, 6.45) is 2.04. The summed E-state index contributed by atoms with van der Waals surface area (Å²) in [6, 6.07) is 13.6. The fourth-order valence-corrected chi connectivity index (χ4v) is 2.71. The van der Waals surface area contributed by atoms with Crippen LogP contribution in [-0.4, -0.2) is 16.4 Å². The molecule has 3 aromatic rings. The summed E-state index contributed by atoms with van der Waals surface area (Å²) < 4.78 is 6.23. The van der Waals surface area contributed by atoms with Crippen molar-refractivity contribution in [2.75, 3.05) is 12.0 Å². The second-order valence-corrected chi connectivity index (χ2v) is 6.18. The maximum atomic E-state index is 5.98. The molecule has 0 spiro atoms. The molecule has 6 heteroatoms. The van der Waals surface area contributed by atoms with Gasteiger partial charge in [-0.3, -0.25) is 0 Å². The van der Waals surface area contributed by atoms with Gasteiger partial charge < -0.3 is 10.3 Å². The van der Waals surface area contributed by atoms with E-state index in [-0.39, 0.29) is 0 Å². The van der Waals surface area contributed by atoms with Crippen molar-refractivity contribution in [3.8, 4) is 22.8 Å². The largest absolute Gasteiger partial charge is 0.398 e. The Morgan fingerprint density at radius 2 is 1.90 bits per heavy atom. The minimum absolute atomic E-state index is 0.420. The first-order valence-electron chi connectivity index (χ1n) is 6.21. The van der Waals surface area contributed by atoms with Gasteiger partial charge in [-0.15, -0.1) is 11.8 Å². The quantitative estimate of drug-likeness (QED) is 0.550. The van der Waals surface area contributed by atoms with Crippen molar-refractivity contribution < 1.29 is 4.52 Å². The maximum absolute atomic E-state index is 5.98. The lowest BCUT2D eigenvalue weighted by Crippen LogP contribution is -1.90. The third-order valence-corrected chi connectivity index (χ3v) is 4.26. The normalized spacial score (nSPS) is 10.8. The minimum atomic E-state index is 0.420. The highest BCUT2D eigenvalue weighted by Gasteiger charge is 2.13. The molecule has 0 atom stereocenters. The fraction of sp³-hybridized carbons (Fsp3) is 0.0667. The van der Waals surface area contributed by atoms with Gasteiger partial charge in [0.2, 0.25) is 5.82 Å². The molecule has 0 saturated carbocycles. The standard InChI is InChI=1S/C15H12BrN3OS/c1-21-11-5-2-9(3-6-11)14-18-15(20-19-14)12-7-4-10(16)8-13(12)17/h2-8H,17H2,1H3. The maximum Gasteiger partial charge on any atom is 0.260 e. The lowest BCUT2D eigenvalue weighted by atomic mass is 10.2. The van der Waals surface area contributed by atoms with Crippen LogP contribution < -0.4 is 5.73 Å². The number of halogens is 1.